The van der Waals surface area contributed by atoms with Gasteiger partial charge in [0.05, 0.1) is 24.9 Å². The van der Waals surface area contributed by atoms with Crippen molar-refractivity contribution in [3.63, 3.8) is 0 Å². The third kappa shape index (κ3) is 3.67. The van der Waals surface area contributed by atoms with E-state index < -0.39 is 0 Å². The lowest BCUT2D eigenvalue weighted by molar-refractivity contribution is -0.0238. The molecule has 2 aliphatic rings. The van der Waals surface area contributed by atoms with Crippen molar-refractivity contribution in [2.75, 3.05) is 45.9 Å². The molecule has 0 amide bonds. The zero-order valence-corrected chi connectivity index (χ0v) is 11.9. The minimum absolute atomic E-state index is 0.130. The minimum atomic E-state index is 0.130. The molecule has 2 heterocycles. The Morgan fingerprint density at radius 1 is 1.28 bits per heavy atom. The predicted octanol–water partition coefficient (Wildman–Crippen LogP) is 1.26. The van der Waals surface area contributed by atoms with Gasteiger partial charge in [0, 0.05) is 13.0 Å². The molecule has 1 spiro atoms. The number of nitrogens with one attached hydrogen (secondary N) is 1. The Morgan fingerprint density at radius 3 is 2.67 bits per heavy atom. The van der Waals surface area contributed by atoms with Crippen molar-refractivity contribution in [1.82, 2.24) is 10.2 Å². The Morgan fingerprint density at radius 2 is 2.00 bits per heavy atom. The summed E-state index contributed by atoms with van der Waals surface area (Å²) in [5, 5.41) is 3.40. The second kappa shape index (κ2) is 6.85. The van der Waals surface area contributed by atoms with Crippen LogP contribution in [-0.4, -0.2) is 62.5 Å². The van der Waals surface area contributed by atoms with E-state index in [1.165, 1.54) is 0 Å². The van der Waals surface area contributed by atoms with Crippen LogP contribution in [0.1, 0.15) is 33.1 Å². The Labute approximate surface area is 111 Å². The van der Waals surface area contributed by atoms with Gasteiger partial charge >= 0.3 is 0 Å². The third-order valence-corrected chi connectivity index (χ3v) is 4.35. The van der Waals surface area contributed by atoms with Gasteiger partial charge in [0.15, 0.2) is 0 Å². The lowest BCUT2D eigenvalue weighted by atomic mass is 9.89. The van der Waals surface area contributed by atoms with E-state index in [1.807, 2.05) is 0 Å². The van der Waals surface area contributed by atoms with Gasteiger partial charge in [-0.3, -0.25) is 0 Å². The van der Waals surface area contributed by atoms with Gasteiger partial charge in [-0.2, -0.15) is 0 Å². The predicted molar refractivity (Wildman–Crippen MR) is 72.9 cm³/mol. The fourth-order valence-corrected chi connectivity index (χ4v) is 3.03. The van der Waals surface area contributed by atoms with E-state index in [-0.39, 0.29) is 5.60 Å². The summed E-state index contributed by atoms with van der Waals surface area (Å²) in [6, 6.07) is 0. The van der Waals surface area contributed by atoms with Crippen molar-refractivity contribution in [2.24, 2.45) is 0 Å². The molecule has 18 heavy (non-hydrogen) atoms. The SMILES string of the molecule is CCN(CC)CCOC1COC2(CCNCC2)C1. The molecule has 0 aromatic rings. The number of nitrogens with zero attached hydrogens (tertiary/aromatic N) is 1. The van der Waals surface area contributed by atoms with Gasteiger partial charge < -0.3 is 19.7 Å². The second-order valence-electron chi connectivity index (χ2n) is 5.47. The summed E-state index contributed by atoms with van der Waals surface area (Å²) >= 11 is 0. The molecule has 106 valence electrons. The fourth-order valence-electron chi connectivity index (χ4n) is 3.03. The topological polar surface area (TPSA) is 33.7 Å². The van der Waals surface area contributed by atoms with Gasteiger partial charge in [-0.15, -0.1) is 0 Å². The van der Waals surface area contributed by atoms with Gasteiger partial charge in [-0.05, 0) is 39.0 Å². The Kier molecular flexibility index (Phi) is 5.42. The maximum absolute atomic E-state index is 6.03. The molecule has 2 aliphatic heterocycles. The molecule has 2 rings (SSSR count). The normalized spacial score (nSPS) is 27.2. The smallest absolute Gasteiger partial charge is 0.0836 e. The summed E-state index contributed by atoms with van der Waals surface area (Å²) in [4.78, 5) is 2.40. The van der Waals surface area contributed by atoms with Gasteiger partial charge in [-0.1, -0.05) is 13.8 Å². The standard InChI is InChI=1S/C14H28N2O2/c1-3-16(4-2)9-10-17-13-11-14(18-12-13)5-7-15-8-6-14/h13,15H,3-12H2,1-2H3. The van der Waals surface area contributed by atoms with E-state index in [9.17, 15) is 0 Å². The average molecular weight is 256 g/mol. The molecular weight excluding hydrogens is 228 g/mol. The van der Waals surface area contributed by atoms with Crippen LogP contribution in [0.3, 0.4) is 0 Å². The largest absolute Gasteiger partial charge is 0.374 e. The van der Waals surface area contributed by atoms with Crippen molar-refractivity contribution in [1.29, 1.82) is 0 Å². The highest BCUT2D eigenvalue weighted by Crippen LogP contribution is 2.34. The minimum Gasteiger partial charge on any atom is -0.374 e. The van der Waals surface area contributed by atoms with Crippen molar-refractivity contribution in [3.8, 4) is 0 Å². The molecule has 2 fully saturated rings. The van der Waals surface area contributed by atoms with Crippen molar-refractivity contribution in [2.45, 2.75) is 44.8 Å². The van der Waals surface area contributed by atoms with Crippen LogP contribution in [0.25, 0.3) is 0 Å². The zero-order valence-electron chi connectivity index (χ0n) is 11.9. The van der Waals surface area contributed by atoms with Gasteiger partial charge in [0.2, 0.25) is 0 Å². The van der Waals surface area contributed by atoms with Crippen LogP contribution in [0.15, 0.2) is 0 Å². The number of rotatable bonds is 6. The van der Waals surface area contributed by atoms with Crippen LogP contribution >= 0.6 is 0 Å². The molecule has 4 nitrogen and oxygen atoms in total. The Balaban J connectivity index is 1.66. The van der Waals surface area contributed by atoms with Crippen LogP contribution in [-0.2, 0) is 9.47 Å². The van der Waals surface area contributed by atoms with E-state index in [0.717, 1.165) is 65.2 Å². The molecular formula is C14H28N2O2. The second-order valence-corrected chi connectivity index (χ2v) is 5.47. The number of hydrogen-bond acceptors (Lipinski definition) is 4. The van der Waals surface area contributed by atoms with Crippen LogP contribution in [0.2, 0.25) is 0 Å². The van der Waals surface area contributed by atoms with Crippen LogP contribution in [0, 0.1) is 0 Å². The number of ether oxygens (including phenoxy) is 2. The molecule has 0 saturated carbocycles. The number of likely N-dealkylation sites (N-methyl/N-ethyl adjacent to an activating group) is 1. The Bertz CT molecular complexity index is 238. The molecule has 1 atom stereocenters. The van der Waals surface area contributed by atoms with Gasteiger partial charge in [-0.25, -0.2) is 0 Å². The summed E-state index contributed by atoms with van der Waals surface area (Å²) in [5.74, 6) is 0. The average Bonchev–Trinajstić information content (AvgIpc) is 2.79. The molecule has 0 aromatic carbocycles. The quantitative estimate of drug-likeness (QED) is 0.775. The zero-order chi connectivity index (χ0) is 12.8. The lowest BCUT2D eigenvalue weighted by Crippen LogP contribution is -2.41. The number of piperidine rings is 1. The fraction of sp³-hybridized carbons (Fsp3) is 1.00. The van der Waals surface area contributed by atoms with Gasteiger partial charge in [0.25, 0.3) is 0 Å². The van der Waals surface area contributed by atoms with E-state index >= 15 is 0 Å². The monoisotopic (exact) mass is 256 g/mol. The summed E-state index contributed by atoms with van der Waals surface area (Å²) in [5.41, 5.74) is 0.130. The van der Waals surface area contributed by atoms with Crippen LogP contribution < -0.4 is 5.32 Å². The first-order chi connectivity index (χ1) is 8.78. The summed E-state index contributed by atoms with van der Waals surface area (Å²) in [6.45, 7) is 11.5. The third-order valence-electron chi connectivity index (χ3n) is 4.35. The van der Waals surface area contributed by atoms with E-state index in [0.29, 0.717) is 6.10 Å². The molecule has 4 heteroatoms. The lowest BCUT2D eigenvalue weighted by Gasteiger charge is -2.32. The first-order valence-corrected chi connectivity index (χ1v) is 7.46. The summed E-state index contributed by atoms with van der Waals surface area (Å²) in [6.07, 6.45) is 3.69. The highest BCUT2D eigenvalue weighted by atomic mass is 16.6. The highest BCUT2D eigenvalue weighted by Gasteiger charge is 2.41. The summed E-state index contributed by atoms with van der Waals surface area (Å²) < 4.78 is 12.0. The van der Waals surface area contributed by atoms with Crippen LogP contribution in [0.5, 0.6) is 0 Å². The summed E-state index contributed by atoms with van der Waals surface area (Å²) in [7, 11) is 0. The molecule has 0 bridgehead atoms. The van der Waals surface area contributed by atoms with Gasteiger partial charge in [0.1, 0.15) is 0 Å². The molecule has 2 saturated heterocycles. The first-order valence-electron chi connectivity index (χ1n) is 7.46. The van der Waals surface area contributed by atoms with E-state index in [4.69, 9.17) is 9.47 Å². The van der Waals surface area contributed by atoms with E-state index in [2.05, 4.69) is 24.1 Å². The number of hydrogen-bond donors (Lipinski definition) is 1. The Hall–Kier alpha value is -0.160. The molecule has 0 radical (unpaired) electrons. The maximum Gasteiger partial charge on any atom is 0.0836 e. The van der Waals surface area contributed by atoms with Crippen LogP contribution in [0.4, 0.5) is 0 Å². The molecule has 0 aromatic heterocycles. The maximum atomic E-state index is 6.03. The van der Waals surface area contributed by atoms with Crippen molar-refractivity contribution in [3.05, 3.63) is 0 Å². The first kappa shape index (κ1) is 14.3. The van der Waals surface area contributed by atoms with E-state index in [1.54, 1.807) is 0 Å². The molecule has 1 unspecified atom stereocenters. The molecule has 1 N–H and O–H groups in total. The molecule has 0 aliphatic carbocycles. The highest BCUT2D eigenvalue weighted by molar-refractivity contribution is 4.93. The van der Waals surface area contributed by atoms with Crippen molar-refractivity contribution < 1.29 is 9.47 Å². The van der Waals surface area contributed by atoms with Crippen molar-refractivity contribution >= 4 is 0 Å².